The number of hydrogen-bond donors (Lipinski definition) is 0. The summed E-state index contributed by atoms with van der Waals surface area (Å²) in [5, 5.41) is 0. The lowest BCUT2D eigenvalue weighted by molar-refractivity contribution is 0.457. The van der Waals surface area contributed by atoms with Gasteiger partial charge in [-0.15, -0.1) is 0 Å². The lowest BCUT2D eigenvalue weighted by atomic mass is 9.62. The summed E-state index contributed by atoms with van der Waals surface area (Å²) in [7, 11) is 0. The molecule has 8 aromatic carbocycles. The van der Waals surface area contributed by atoms with Crippen molar-refractivity contribution < 1.29 is 0 Å². The molecule has 0 spiro atoms. The maximum absolute atomic E-state index is 2.59. The van der Waals surface area contributed by atoms with Crippen LogP contribution in [0.3, 0.4) is 0 Å². The fourth-order valence-corrected chi connectivity index (χ4v) is 11.6. The molecular weight excluding hydrogens is 773 g/mol. The van der Waals surface area contributed by atoms with Crippen LogP contribution in [-0.4, -0.2) is 6.04 Å². The zero-order valence-corrected chi connectivity index (χ0v) is 36.1. The minimum atomic E-state index is -0.356. The molecule has 5 unspecified atom stereocenters. The third kappa shape index (κ3) is 6.23. The first-order valence-electron chi connectivity index (χ1n) is 23.0. The Morgan fingerprint density at radius 1 is 0.500 bits per heavy atom. The van der Waals surface area contributed by atoms with E-state index in [1.807, 2.05) is 0 Å². The molecule has 0 N–H and O–H groups in total. The fraction of sp³-hybridized carbons (Fsp3) is 0.129. The van der Waals surface area contributed by atoms with Crippen molar-refractivity contribution in [3.63, 3.8) is 0 Å². The highest BCUT2D eigenvalue weighted by atomic mass is 15.2. The number of rotatable bonds is 8. The summed E-state index contributed by atoms with van der Waals surface area (Å²) in [5.41, 5.74) is 18.7. The Bertz CT molecular complexity index is 3070. The molecule has 0 fully saturated rings. The Morgan fingerprint density at radius 3 is 1.83 bits per heavy atom. The van der Waals surface area contributed by atoms with Crippen molar-refractivity contribution >= 4 is 28.4 Å². The van der Waals surface area contributed by atoms with Crippen LogP contribution in [0.2, 0.25) is 0 Å². The van der Waals surface area contributed by atoms with Gasteiger partial charge in [-0.3, -0.25) is 0 Å². The van der Waals surface area contributed by atoms with E-state index in [2.05, 4.69) is 253 Å². The first-order valence-corrected chi connectivity index (χ1v) is 23.0. The van der Waals surface area contributed by atoms with E-state index in [4.69, 9.17) is 0 Å². The number of nitrogens with zero attached hydrogens (tertiary/aromatic N) is 2. The van der Waals surface area contributed by atoms with Crippen LogP contribution in [0, 0.1) is 11.8 Å². The van der Waals surface area contributed by atoms with Gasteiger partial charge in [0.1, 0.15) is 0 Å². The van der Waals surface area contributed by atoms with Gasteiger partial charge in [-0.1, -0.05) is 183 Å². The summed E-state index contributed by atoms with van der Waals surface area (Å²) in [4.78, 5) is 5.05. The second-order valence-corrected chi connectivity index (χ2v) is 18.1. The van der Waals surface area contributed by atoms with E-state index >= 15 is 0 Å². The van der Waals surface area contributed by atoms with E-state index < -0.39 is 0 Å². The quantitative estimate of drug-likeness (QED) is 0.141. The Hall–Kier alpha value is -7.42. The van der Waals surface area contributed by atoms with Gasteiger partial charge in [-0.25, -0.2) is 0 Å². The van der Waals surface area contributed by atoms with Crippen LogP contribution in [0.5, 0.6) is 0 Å². The smallest absolute Gasteiger partial charge is 0.0529 e. The topological polar surface area (TPSA) is 6.48 Å². The van der Waals surface area contributed by atoms with Gasteiger partial charge in [0, 0.05) is 40.4 Å². The highest BCUT2D eigenvalue weighted by molar-refractivity contribution is 5.89. The summed E-state index contributed by atoms with van der Waals surface area (Å²) in [6, 6.07) is 75.1. The SMILES string of the molecule is CC1C=CC2c3cc(-c4ccc(N(c5ccc(-c6ccccc6)cc5)c5ccc6c(c5)C(c5ccccc5)(C5C=CC=CC5)c5ccccc5-6)cc4)ccc3N(c3ccccc3)C2C1. The molecule has 0 radical (unpaired) electrons. The van der Waals surface area contributed by atoms with Crippen molar-refractivity contribution in [3.8, 4) is 33.4 Å². The minimum absolute atomic E-state index is 0.255. The van der Waals surface area contributed by atoms with Crippen LogP contribution in [-0.2, 0) is 5.41 Å². The minimum Gasteiger partial charge on any atom is -0.337 e. The van der Waals surface area contributed by atoms with Crippen LogP contribution >= 0.6 is 0 Å². The lowest BCUT2D eigenvalue weighted by Crippen LogP contribution is -2.35. The summed E-state index contributed by atoms with van der Waals surface area (Å²) in [5.74, 6) is 1.18. The van der Waals surface area contributed by atoms with Crippen molar-refractivity contribution in [2.45, 2.75) is 37.1 Å². The van der Waals surface area contributed by atoms with Crippen molar-refractivity contribution in [2.75, 3.05) is 9.80 Å². The van der Waals surface area contributed by atoms with Gasteiger partial charge in [-0.2, -0.15) is 0 Å². The van der Waals surface area contributed by atoms with Crippen molar-refractivity contribution in [3.05, 3.63) is 259 Å². The van der Waals surface area contributed by atoms with Gasteiger partial charge >= 0.3 is 0 Å². The van der Waals surface area contributed by atoms with E-state index in [1.165, 1.54) is 67.0 Å². The average Bonchev–Trinajstić information content (AvgIpc) is 3.85. The fourth-order valence-electron chi connectivity index (χ4n) is 11.6. The third-order valence-electron chi connectivity index (χ3n) is 14.5. The van der Waals surface area contributed by atoms with E-state index in [0.717, 1.165) is 29.9 Å². The normalized spacial score (nSPS) is 21.2. The average molecular weight is 823 g/mol. The monoisotopic (exact) mass is 822 g/mol. The third-order valence-corrected chi connectivity index (χ3v) is 14.5. The molecule has 8 aromatic rings. The van der Waals surface area contributed by atoms with Gasteiger partial charge < -0.3 is 9.80 Å². The number of anilines is 5. The van der Waals surface area contributed by atoms with Crippen LogP contribution < -0.4 is 9.80 Å². The molecule has 0 amide bonds. The Labute approximate surface area is 377 Å². The predicted octanol–water partition coefficient (Wildman–Crippen LogP) is 16.1. The largest absolute Gasteiger partial charge is 0.337 e. The Morgan fingerprint density at radius 2 is 1.11 bits per heavy atom. The molecule has 5 atom stereocenters. The summed E-state index contributed by atoms with van der Waals surface area (Å²) in [6.07, 6.45) is 16.2. The van der Waals surface area contributed by atoms with Crippen LogP contribution in [0.15, 0.2) is 237 Å². The number of allylic oxidation sites excluding steroid dienone is 5. The van der Waals surface area contributed by atoms with Gasteiger partial charge in [0.2, 0.25) is 0 Å². The predicted molar refractivity (Wildman–Crippen MR) is 268 cm³/mol. The first kappa shape index (κ1) is 38.3. The molecule has 12 rings (SSSR count). The van der Waals surface area contributed by atoms with Gasteiger partial charge in [0.25, 0.3) is 0 Å². The second-order valence-electron chi connectivity index (χ2n) is 18.1. The molecule has 64 heavy (non-hydrogen) atoms. The standard InChI is InChI=1S/C62H50N2/c1-43-26-37-56-57-41-47(31-39-60(57)64(61(56)40-43)50-22-12-5-13-23-50)46-29-34-52(35-30-46)63(51-32-27-45(28-33-51)44-16-6-2-7-17-44)53-36-38-55-54-24-14-15-25-58(54)62(59(55)42-53,48-18-8-3-9-19-48)49-20-10-4-11-21-49/h2-20,22-39,41-43,49,56,61H,21,40H2,1H3. The number of benzene rings is 8. The van der Waals surface area contributed by atoms with E-state index in [9.17, 15) is 0 Å². The second kappa shape index (κ2) is 15.7. The van der Waals surface area contributed by atoms with Crippen molar-refractivity contribution in [2.24, 2.45) is 11.8 Å². The summed E-state index contributed by atoms with van der Waals surface area (Å²) < 4.78 is 0. The summed E-state index contributed by atoms with van der Waals surface area (Å²) >= 11 is 0. The zero-order chi connectivity index (χ0) is 42.6. The molecule has 0 saturated carbocycles. The molecule has 2 nitrogen and oxygen atoms in total. The van der Waals surface area contributed by atoms with Crippen molar-refractivity contribution in [1.82, 2.24) is 0 Å². The lowest BCUT2D eigenvalue weighted by Gasteiger charge is -2.40. The highest BCUT2D eigenvalue weighted by Gasteiger charge is 2.49. The summed E-state index contributed by atoms with van der Waals surface area (Å²) in [6.45, 7) is 2.35. The van der Waals surface area contributed by atoms with Crippen LogP contribution in [0.25, 0.3) is 33.4 Å². The van der Waals surface area contributed by atoms with E-state index in [0.29, 0.717) is 17.9 Å². The molecule has 0 bridgehead atoms. The van der Waals surface area contributed by atoms with E-state index in [-0.39, 0.29) is 11.3 Å². The van der Waals surface area contributed by atoms with Crippen LogP contribution in [0.4, 0.5) is 28.4 Å². The van der Waals surface area contributed by atoms with Crippen LogP contribution in [0.1, 0.15) is 47.9 Å². The molecule has 2 heteroatoms. The van der Waals surface area contributed by atoms with Gasteiger partial charge in [0.15, 0.2) is 0 Å². The first-order chi connectivity index (χ1) is 31.6. The maximum Gasteiger partial charge on any atom is 0.0529 e. The molecule has 3 aliphatic carbocycles. The van der Waals surface area contributed by atoms with Gasteiger partial charge in [0.05, 0.1) is 5.41 Å². The van der Waals surface area contributed by atoms with Crippen molar-refractivity contribution in [1.29, 1.82) is 0 Å². The Balaban J connectivity index is 0.981. The van der Waals surface area contributed by atoms with E-state index in [1.54, 1.807) is 0 Å². The molecule has 0 aromatic heterocycles. The molecule has 0 saturated heterocycles. The molecule has 1 aliphatic heterocycles. The number of para-hydroxylation sites is 1. The maximum atomic E-state index is 2.59. The van der Waals surface area contributed by atoms with Gasteiger partial charge in [-0.05, 0) is 141 Å². The molecular formula is C62H50N2. The number of hydrogen-bond acceptors (Lipinski definition) is 2. The number of fused-ring (bicyclic) bond motifs is 6. The zero-order valence-electron chi connectivity index (χ0n) is 36.1. The highest BCUT2D eigenvalue weighted by Crippen LogP contribution is 2.59. The molecule has 308 valence electrons. The molecule has 4 aliphatic rings. The molecule has 1 heterocycles. The Kier molecular flexibility index (Phi) is 9.41.